The molecule has 4 nitrogen and oxygen atoms in total. The van der Waals surface area contributed by atoms with Crippen molar-refractivity contribution in [3.05, 3.63) is 94.5 Å². The van der Waals surface area contributed by atoms with Crippen molar-refractivity contribution >= 4 is 12.4 Å². The van der Waals surface area contributed by atoms with E-state index in [0.717, 1.165) is 40.5 Å². The number of carbonyl (C=O) groups is 2. The summed E-state index contributed by atoms with van der Waals surface area (Å²) in [5.41, 5.74) is 3.46. The zero-order valence-corrected chi connectivity index (χ0v) is 17.3. The van der Waals surface area contributed by atoms with E-state index >= 15 is 0 Å². The molecule has 3 aromatic rings. The molecule has 0 fully saturated rings. The van der Waals surface area contributed by atoms with Gasteiger partial charge in [-0.15, -0.1) is 0 Å². The SMILES string of the molecule is O=Cc1ccc(C(F)(F)F)cc1C#CCNC(=O)OCC1c2ccccc2-c2ccccc21. The van der Waals surface area contributed by atoms with Gasteiger partial charge in [-0.2, -0.15) is 13.2 Å². The number of fused-ring (bicyclic) bond motifs is 3. The van der Waals surface area contributed by atoms with Gasteiger partial charge < -0.3 is 10.1 Å². The van der Waals surface area contributed by atoms with E-state index in [1.807, 2.05) is 48.5 Å². The van der Waals surface area contributed by atoms with Gasteiger partial charge in [0, 0.05) is 17.0 Å². The number of hydrogen-bond acceptors (Lipinski definition) is 3. The number of halogens is 3. The van der Waals surface area contributed by atoms with E-state index in [1.165, 1.54) is 0 Å². The Morgan fingerprint density at radius 1 is 1.00 bits per heavy atom. The van der Waals surface area contributed by atoms with Crippen LogP contribution in [-0.4, -0.2) is 25.5 Å². The normalized spacial score (nSPS) is 12.2. The second-order valence-electron chi connectivity index (χ2n) is 7.40. The summed E-state index contributed by atoms with van der Waals surface area (Å²) in [7, 11) is 0. The Hall–Kier alpha value is -4.05. The van der Waals surface area contributed by atoms with Crippen molar-refractivity contribution in [1.29, 1.82) is 0 Å². The lowest BCUT2D eigenvalue weighted by Crippen LogP contribution is -2.26. The lowest BCUT2D eigenvalue weighted by Gasteiger charge is -2.14. The van der Waals surface area contributed by atoms with Gasteiger partial charge in [-0.25, -0.2) is 4.79 Å². The predicted octanol–water partition coefficient (Wildman–Crippen LogP) is 5.41. The summed E-state index contributed by atoms with van der Waals surface area (Å²) in [6, 6.07) is 18.6. The number of benzene rings is 3. The molecule has 1 N–H and O–H groups in total. The summed E-state index contributed by atoms with van der Waals surface area (Å²) < 4.78 is 44.0. The van der Waals surface area contributed by atoms with E-state index in [1.54, 1.807) is 0 Å². The molecule has 33 heavy (non-hydrogen) atoms. The highest BCUT2D eigenvalue weighted by atomic mass is 19.4. The Morgan fingerprint density at radius 3 is 2.24 bits per heavy atom. The molecule has 4 rings (SSSR count). The van der Waals surface area contributed by atoms with Crippen LogP contribution in [-0.2, 0) is 10.9 Å². The number of alkyl carbamates (subject to hydrolysis) is 1. The smallest absolute Gasteiger partial charge is 0.416 e. The Balaban J connectivity index is 1.38. The van der Waals surface area contributed by atoms with Crippen molar-refractivity contribution in [3.63, 3.8) is 0 Å². The van der Waals surface area contributed by atoms with E-state index in [9.17, 15) is 22.8 Å². The minimum absolute atomic E-state index is 0.0386. The topological polar surface area (TPSA) is 55.4 Å². The first-order chi connectivity index (χ1) is 15.9. The zero-order valence-electron chi connectivity index (χ0n) is 17.3. The molecule has 0 heterocycles. The molecule has 166 valence electrons. The van der Waals surface area contributed by atoms with Crippen LogP contribution in [0.15, 0.2) is 66.7 Å². The molecule has 0 aliphatic heterocycles. The third-order valence-electron chi connectivity index (χ3n) is 5.40. The fourth-order valence-corrected chi connectivity index (χ4v) is 3.85. The second-order valence-corrected chi connectivity index (χ2v) is 7.40. The van der Waals surface area contributed by atoms with Crippen LogP contribution < -0.4 is 5.32 Å². The minimum atomic E-state index is -4.54. The fraction of sp³-hybridized carbons (Fsp3) is 0.154. The van der Waals surface area contributed by atoms with Gasteiger partial charge in [0.2, 0.25) is 0 Å². The molecular formula is C26H18F3NO3. The first-order valence-corrected chi connectivity index (χ1v) is 10.1. The van der Waals surface area contributed by atoms with Gasteiger partial charge >= 0.3 is 12.3 Å². The van der Waals surface area contributed by atoms with Gasteiger partial charge in [0.25, 0.3) is 0 Å². The number of nitrogens with one attached hydrogen (secondary N) is 1. The average molecular weight is 449 g/mol. The Labute approximate surface area is 188 Å². The van der Waals surface area contributed by atoms with Crippen LogP contribution in [0.2, 0.25) is 0 Å². The van der Waals surface area contributed by atoms with Crippen LogP contribution in [0.25, 0.3) is 11.1 Å². The van der Waals surface area contributed by atoms with E-state index in [0.29, 0.717) is 6.29 Å². The molecule has 7 heteroatoms. The van der Waals surface area contributed by atoms with Crippen molar-refractivity contribution in [2.45, 2.75) is 12.1 Å². The number of alkyl halides is 3. The number of ether oxygens (including phenoxy) is 1. The van der Waals surface area contributed by atoms with Gasteiger partial charge in [-0.05, 0) is 40.5 Å². The van der Waals surface area contributed by atoms with Crippen LogP contribution in [0.1, 0.15) is 38.5 Å². The minimum Gasteiger partial charge on any atom is -0.449 e. The molecule has 1 aliphatic rings. The first kappa shape index (κ1) is 22.2. The Kier molecular flexibility index (Phi) is 6.18. The monoisotopic (exact) mass is 449 g/mol. The number of rotatable bonds is 4. The summed E-state index contributed by atoms with van der Waals surface area (Å²) in [5.74, 6) is 4.97. The first-order valence-electron chi connectivity index (χ1n) is 10.1. The summed E-state index contributed by atoms with van der Waals surface area (Å²) in [5, 5.41) is 2.46. The van der Waals surface area contributed by atoms with Crippen molar-refractivity contribution in [2.24, 2.45) is 0 Å². The van der Waals surface area contributed by atoms with Crippen LogP contribution in [0.3, 0.4) is 0 Å². The maximum Gasteiger partial charge on any atom is 0.416 e. The molecule has 0 saturated carbocycles. The Bertz CT molecular complexity index is 1230. The van der Waals surface area contributed by atoms with Crippen molar-refractivity contribution in [1.82, 2.24) is 5.32 Å². The molecule has 0 saturated heterocycles. The fourth-order valence-electron chi connectivity index (χ4n) is 3.85. The number of carbonyl (C=O) groups excluding carboxylic acids is 2. The maximum absolute atomic E-state index is 12.9. The lowest BCUT2D eigenvalue weighted by molar-refractivity contribution is -0.137. The molecular weight excluding hydrogens is 431 g/mol. The van der Waals surface area contributed by atoms with Crippen molar-refractivity contribution in [2.75, 3.05) is 13.2 Å². The van der Waals surface area contributed by atoms with E-state index in [-0.39, 0.29) is 30.2 Å². The zero-order chi connectivity index (χ0) is 23.4. The molecule has 0 radical (unpaired) electrons. The Morgan fingerprint density at radius 2 is 1.64 bits per heavy atom. The van der Waals surface area contributed by atoms with E-state index in [4.69, 9.17) is 4.74 Å². The summed E-state index contributed by atoms with van der Waals surface area (Å²) in [4.78, 5) is 23.2. The molecule has 1 amide bonds. The summed E-state index contributed by atoms with van der Waals surface area (Å²) >= 11 is 0. The number of amides is 1. The highest BCUT2D eigenvalue weighted by Crippen LogP contribution is 2.44. The molecule has 0 bridgehead atoms. The second kappa shape index (κ2) is 9.21. The largest absolute Gasteiger partial charge is 0.449 e. The van der Waals surface area contributed by atoms with Crippen LogP contribution in [0, 0.1) is 11.8 Å². The molecule has 3 aromatic carbocycles. The molecule has 0 atom stereocenters. The quantitative estimate of drug-likeness (QED) is 0.428. The van der Waals surface area contributed by atoms with E-state index in [2.05, 4.69) is 17.2 Å². The van der Waals surface area contributed by atoms with Crippen molar-refractivity contribution in [3.8, 4) is 23.0 Å². The van der Waals surface area contributed by atoms with Gasteiger partial charge in [-0.1, -0.05) is 60.4 Å². The maximum atomic E-state index is 12.9. The molecule has 0 unspecified atom stereocenters. The van der Waals surface area contributed by atoms with Gasteiger partial charge in [0.15, 0.2) is 6.29 Å². The molecule has 1 aliphatic carbocycles. The standard InChI is InChI=1S/C26H18F3NO3/c27-26(28,29)19-12-11-18(15-31)17(14-19)6-5-13-30-25(32)33-16-24-22-9-3-1-7-20(22)21-8-2-4-10-23(21)24/h1-4,7-12,14-15,24H,13,16H2,(H,30,32). The number of aldehydes is 1. The summed E-state index contributed by atoms with van der Waals surface area (Å²) in [6.45, 7) is -0.0125. The third-order valence-corrected chi connectivity index (χ3v) is 5.40. The lowest BCUT2D eigenvalue weighted by atomic mass is 9.98. The van der Waals surface area contributed by atoms with Crippen LogP contribution >= 0.6 is 0 Å². The molecule has 0 spiro atoms. The third kappa shape index (κ3) is 4.75. The summed E-state index contributed by atoms with van der Waals surface area (Å²) in [6.07, 6.45) is -4.80. The van der Waals surface area contributed by atoms with Gasteiger partial charge in [-0.3, -0.25) is 4.79 Å². The number of hydrogen-bond donors (Lipinski definition) is 1. The predicted molar refractivity (Wildman–Crippen MR) is 117 cm³/mol. The van der Waals surface area contributed by atoms with Crippen LogP contribution in [0.5, 0.6) is 0 Å². The highest BCUT2D eigenvalue weighted by Gasteiger charge is 2.31. The van der Waals surface area contributed by atoms with Crippen LogP contribution in [0.4, 0.5) is 18.0 Å². The average Bonchev–Trinajstić information content (AvgIpc) is 3.13. The van der Waals surface area contributed by atoms with E-state index < -0.39 is 17.8 Å². The highest BCUT2D eigenvalue weighted by molar-refractivity contribution is 5.80. The van der Waals surface area contributed by atoms with Gasteiger partial charge in [0.05, 0.1) is 12.1 Å². The molecule has 0 aromatic heterocycles. The van der Waals surface area contributed by atoms with Gasteiger partial charge in [0.1, 0.15) is 6.61 Å². The van der Waals surface area contributed by atoms with Crippen molar-refractivity contribution < 1.29 is 27.5 Å².